The molecule has 0 saturated carbocycles. The van der Waals surface area contributed by atoms with Gasteiger partial charge in [0.25, 0.3) is 0 Å². The normalized spacial score (nSPS) is 21.2. The SMILES string of the molecule is O[C@@H]1CC(c2cc(Cl)ccc2Br)Oc2ccc(Br)cc21. The minimum Gasteiger partial charge on any atom is -0.485 e. The van der Waals surface area contributed by atoms with Gasteiger partial charge in [-0.25, -0.2) is 0 Å². The van der Waals surface area contributed by atoms with Gasteiger partial charge in [0.15, 0.2) is 0 Å². The number of aliphatic hydroxyl groups is 1. The van der Waals surface area contributed by atoms with Crippen molar-refractivity contribution in [3.05, 3.63) is 61.5 Å². The molecule has 0 saturated heterocycles. The summed E-state index contributed by atoms with van der Waals surface area (Å²) in [5, 5.41) is 11.0. The van der Waals surface area contributed by atoms with Gasteiger partial charge < -0.3 is 9.84 Å². The van der Waals surface area contributed by atoms with E-state index in [1.54, 1.807) is 0 Å². The molecule has 20 heavy (non-hydrogen) atoms. The first kappa shape index (κ1) is 14.4. The molecule has 1 N–H and O–H groups in total. The van der Waals surface area contributed by atoms with Gasteiger partial charge in [0.1, 0.15) is 11.9 Å². The highest BCUT2D eigenvalue weighted by atomic mass is 79.9. The lowest BCUT2D eigenvalue weighted by atomic mass is 9.95. The molecule has 1 unspecified atom stereocenters. The molecule has 2 aromatic rings. The lowest BCUT2D eigenvalue weighted by molar-refractivity contribution is 0.0653. The molecule has 0 aromatic heterocycles. The van der Waals surface area contributed by atoms with E-state index < -0.39 is 6.10 Å². The second kappa shape index (κ2) is 5.68. The third-order valence-corrected chi connectivity index (χ3v) is 4.79. The van der Waals surface area contributed by atoms with E-state index in [-0.39, 0.29) is 6.10 Å². The predicted octanol–water partition coefficient (Wildman–Crippen LogP) is 5.42. The van der Waals surface area contributed by atoms with E-state index in [1.807, 2.05) is 36.4 Å². The van der Waals surface area contributed by atoms with Crippen LogP contribution < -0.4 is 4.74 Å². The molecule has 0 spiro atoms. The van der Waals surface area contributed by atoms with Crippen molar-refractivity contribution in [1.82, 2.24) is 0 Å². The number of aliphatic hydroxyl groups excluding tert-OH is 1. The third-order valence-electron chi connectivity index (χ3n) is 3.34. The third kappa shape index (κ3) is 2.75. The number of rotatable bonds is 1. The summed E-state index contributed by atoms with van der Waals surface area (Å²) in [6.07, 6.45) is -0.263. The minimum atomic E-state index is -0.549. The average molecular weight is 419 g/mol. The highest BCUT2D eigenvalue weighted by molar-refractivity contribution is 9.10. The van der Waals surface area contributed by atoms with Crippen LogP contribution in [0, 0.1) is 0 Å². The second-order valence-corrected chi connectivity index (χ2v) is 6.91. The molecule has 1 heterocycles. The summed E-state index contributed by atoms with van der Waals surface area (Å²) in [7, 11) is 0. The topological polar surface area (TPSA) is 29.5 Å². The number of hydrogen-bond acceptors (Lipinski definition) is 2. The summed E-state index contributed by atoms with van der Waals surface area (Å²) in [4.78, 5) is 0. The molecular weight excluding hydrogens is 407 g/mol. The van der Waals surface area contributed by atoms with Crippen molar-refractivity contribution < 1.29 is 9.84 Å². The van der Waals surface area contributed by atoms with Gasteiger partial charge in [-0.15, -0.1) is 0 Å². The summed E-state index contributed by atoms with van der Waals surface area (Å²) in [6, 6.07) is 11.2. The fourth-order valence-corrected chi connectivity index (χ4v) is 3.43. The van der Waals surface area contributed by atoms with Crippen molar-refractivity contribution in [1.29, 1.82) is 0 Å². The van der Waals surface area contributed by atoms with Gasteiger partial charge in [0.2, 0.25) is 0 Å². The molecule has 104 valence electrons. The second-order valence-electron chi connectivity index (χ2n) is 4.71. The van der Waals surface area contributed by atoms with Gasteiger partial charge in [0, 0.05) is 31.5 Å². The lowest BCUT2D eigenvalue weighted by Gasteiger charge is -2.30. The summed E-state index contributed by atoms with van der Waals surface area (Å²) in [5.41, 5.74) is 1.76. The molecule has 0 fully saturated rings. The Hall–Kier alpha value is -0.550. The number of halogens is 3. The summed E-state index contributed by atoms with van der Waals surface area (Å²) in [6.45, 7) is 0. The van der Waals surface area contributed by atoms with Gasteiger partial charge >= 0.3 is 0 Å². The number of fused-ring (bicyclic) bond motifs is 1. The van der Waals surface area contributed by atoms with Crippen LogP contribution in [-0.2, 0) is 0 Å². The Labute approximate surface area is 139 Å². The summed E-state index contributed by atoms with van der Waals surface area (Å²) >= 11 is 13.0. The molecule has 0 aliphatic carbocycles. The Morgan fingerprint density at radius 3 is 2.70 bits per heavy atom. The minimum absolute atomic E-state index is 0.216. The molecular formula is C15H11Br2ClO2. The van der Waals surface area contributed by atoms with Gasteiger partial charge in [-0.2, -0.15) is 0 Å². The van der Waals surface area contributed by atoms with Crippen molar-refractivity contribution in [3.63, 3.8) is 0 Å². The molecule has 0 radical (unpaired) electrons. The molecule has 1 aliphatic rings. The molecule has 2 aromatic carbocycles. The van der Waals surface area contributed by atoms with Crippen LogP contribution in [-0.4, -0.2) is 5.11 Å². The predicted molar refractivity (Wildman–Crippen MR) is 86.2 cm³/mol. The maximum absolute atomic E-state index is 10.3. The van der Waals surface area contributed by atoms with Crippen LogP contribution in [0.3, 0.4) is 0 Å². The lowest BCUT2D eigenvalue weighted by Crippen LogP contribution is -2.19. The number of ether oxygens (including phenoxy) is 1. The van der Waals surface area contributed by atoms with Gasteiger partial charge in [-0.05, 0) is 36.4 Å². The Balaban J connectivity index is 1.99. The van der Waals surface area contributed by atoms with Crippen molar-refractivity contribution in [3.8, 4) is 5.75 Å². The van der Waals surface area contributed by atoms with E-state index in [0.29, 0.717) is 17.2 Å². The van der Waals surface area contributed by atoms with Crippen LogP contribution in [0.1, 0.15) is 29.8 Å². The van der Waals surface area contributed by atoms with Crippen LogP contribution in [0.5, 0.6) is 5.75 Å². The number of benzene rings is 2. The van der Waals surface area contributed by atoms with Crippen LogP contribution >= 0.6 is 43.5 Å². The summed E-state index contributed by atoms with van der Waals surface area (Å²) < 4.78 is 7.87. The zero-order valence-corrected chi connectivity index (χ0v) is 14.2. The Morgan fingerprint density at radius 1 is 1.10 bits per heavy atom. The molecule has 0 bridgehead atoms. The van der Waals surface area contributed by atoms with Crippen molar-refractivity contribution in [2.24, 2.45) is 0 Å². The van der Waals surface area contributed by atoms with Crippen LogP contribution in [0.25, 0.3) is 0 Å². The van der Waals surface area contributed by atoms with Crippen molar-refractivity contribution >= 4 is 43.5 Å². The standard InChI is InChI=1S/C15H11Br2ClO2/c16-8-1-4-14-11(5-8)13(19)7-15(20-14)10-6-9(18)2-3-12(10)17/h1-6,13,15,19H,7H2/t13-,15?/m1/s1. The van der Waals surface area contributed by atoms with Gasteiger partial charge in [-0.1, -0.05) is 43.5 Å². The largest absolute Gasteiger partial charge is 0.485 e. The Morgan fingerprint density at radius 2 is 1.90 bits per heavy atom. The highest BCUT2D eigenvalue weighted by Crippen LogP contribution is 2.43. The quantitative estimate of drug-likeness (QED) is 0.670. The Bertz CT molecular complexity index is 660. The van der Waals surface area contributed by atoms with E-state index in [4.69, 9.17) is 16.3 Å². The molecule has 2 nitrogen and oxygen atoms in total. The fourth-order valence-electron chi connectivity index (χ4n) is 2.37. The first-order valence-electron chi connectivity index (χ1n) is 6.13. The maximum Gasteiger partial charge on any atom is 0.128 e. The van der Waals surface area contributed by atoms with E-state index in [2.05, 4.69) is 31.9 Å². The monoisotopic (exact) mass is 416 g/mol. The van der Waals surface area contributed by atoms with Crippen molar-refractivity contribution in [2.45, 2.75) is 18.6 Å². The van der Waals surface area contributed by atoms with Crippen molar-refractivity contribution in [2.75, 3.05) is 0 Å². The van der Waals surface area contributed by atoms with Gasteiger partial charge in [0.05, 0.1) is 6.10 Å². The number of hydrogen-bond donors (Lipinski definition) is 1. The molecule has 1 aliphatic heterocycles. The van der Waals surface area contributed by atoms with Gasteiger partial charge in [-0.3, -0.25) is 0 Å². The smallest absolute Gasteiger partial charge is 0.128 e. The molecule has 5 heteroatoms. The first-order valence-corrected chi connectivity index (χ1v) is 8.10. The molecule has 3 rings (SSSR count). The van der Waals surface area contributed by atoms with E-state index >= 15 is 0 Å². The zero-order valence-electron chi connectivity index (χ0n) is 10.3. The first-order chi connectivity index (χ1) is 9.54. The summed E-state index contributed by atoms with van der Waals surface area (Å²) in [5.74, 6) is 0.712. The molecule has 2 atom stereocenters. The van der Waals surface area contributed by atoms with Crippen LogP contribution in [0.4, 0.5) is 0 Å². The van der Waals surface area contributed by atoms with E-state index in [0.717, 1.165) is 20.1 Å². The van der Waals surface area contributed by atoms with Crippen LogP contribution in [0.15, 0.2) is 45.3 Å². The van der Waals surface area contributed by atoms with E-state index in [1.165, 1.54) is 0 Å². The molecule has 0 amide bonds. The fraction of sp³-hybridized carbons (Fsp3) is 0.200. The van der Waals surface area contributed by atoms with E-state index in [9.17, 15) is 5.11 Å². The maximum atomic E-state index is 10.3. The zero-order chi connectivity index (χ0) is 14.3. The average Bonchev–Trinajstić information content (AvgIpc) is 2.42. The van der Waals surface area contributed by atoms with Crippen LogP contribution in [0.2, 0.25) is 5.02 Å². The highest BCUT2D eigenvalue weighted by Gasteiger charge is 2.29. The Kier molecular flexibility index (Phi) is 4.09.